The largest absolute Gasteiger partial charge is 0.477 e. The van der Waals surface area contributed by atoms with Crippen LogP contribution in [0.3, 0.4) is 0 Å². The molecule has 0 aromatic rings. The van der Waals surface area contributed by atoms with Crippen LogP contribution in [0.25, 0.3) is 0 Å². The van der Waals surface area contributed by atoms with Gasteiger partial charge in [0.25, 0.3) is 6.29 Å². The molecule has 0 spiro atoms. The summed E-state index contributed by atoms with van der Waals surface area (Å²) in [6.07, 6.45) is 61.0. The van der Waals surface area contributed by atoms with E-state index in [1.807, 2.05) is 21.1 Å². The highest BCUT2D eigenvalue weighted by Gasteiger charge is 2.25. The van der Waals surface area contributed by atoms with Gasteiger partial charge < -0.3 is 28.5 Å². The second-order valence-corrected chi connectivity index (χ2v) is 23.1. The van der Waals surface area contributed by atoms with Crippen molar-refractivity contribution in [3.8, 4) is 0 Å². The number of rotatable bonds is 60. The Morgan fingerprint density at radius 2 is 0.625 bits per heavy atom. The van der Waals surface area contributed by atoms with E-state index in [4.69, 9.17) is 18.9 Å². The van der Waals surface area contributed by atoms with Crippen molar-refractivity contribution in [2.75, 3.05) is 47.5 Å². The maximum atomic E-state index is 12.8. The fourth-order valence-electron chi connectivity index (χ4n) is 9.72. The van der Waals surface area contributed by atoms with Gasteiger partial charge in [0.15, 0.2) is 6.10 Å². The molecule has 0 aliphatic rings. The first-order valence-corrected chi connectivity index (χ1v) is 31.7. The van der Waals surface area contributed by atoms with Crippen LogP contribution in [0, 0.1) is 0 Å². The number of quaternary nitrogens is 1. The van der Waals surface area contributed by atoms with Crippen LogP contribution in [0.1, 0.15) is 328 Å². The molecule has 0 aromatic heterocycles. The molecule has 0 bridgehead atoms. The Hall–Kier alpha value is -1.71. The highest BCUT2D eigenvalue weighted by atomic mass is 16.7. The first kappa shape index (κ1) is 70.3. The molecule has 0 aliphatic carbocycles. The lowest BCUT2D eigenvalue weighted by molar-refractivity contribution is -0.870. The Labute approximate surface area is 447 Å². The number of aliphatic carboxylic acids is 1. The lowest BCUT2D eigenvalue weighted by Crippen LogP contribution is -2.40. The van der Waals surface area contributed by atoms with Crippen LogP contribution in [0.15, 0.2) is 0 Å². The van der Waals surface area contributed by atoms with Gasteiger partial charge in [-0.2, -0.15) is 0 Å². The number of nitrogens with zero attached hydrogens (tertiary/aromatic N) is 1. The predicted octanol–water partition coefficient (Wildman–Crippen LogP) is 18.7. The van der Waals surface area contributed by atoms with Gasteiger partial charge in [0.05, 0.1) is 34.4 Å². The van der Waals surface area contributed by atoms with Gasteiger partial charge in [-0.3, -0.25) is 9.59 Å². The summed E-state index contributed by atoms with van der Waals surface area (Å²) >= 11 is 0. The molecule has 0 saturated heterocycles. The van der Waals surface area contributed by atoms with Crippen LogP contribution in [0.2, 0.25) is 0 Å². The number of likely N-dealkylation sites (N-methyl/N-ethyl adjacent to an activating group) is 1. The van der Waals surface area contributed by atoms with Crippen molar-refractivity contribution in [2.45, 2.75) is 341 Å². The summed E-state index contributed by atoms with van der Waals surface area (Å²) in [4.78, 5) is 37.3. The first-order chi connectivity index (χ1) is 35.1. The van der Waals surface area contributed by atoms with Crippen molar-refractivity contribution in [1.82, 2.24) is 0 Å². The molecule has 0 fully saturated rings. The second kappa shape index (κ2) is 55.5. The maximum absolute atomic E-state index is 12.8. The zero-order valence-corrected chi connectivity index (χ0v) is 48.9. The van der Waals surface area contributed by atoms with E-state index in [1.54, 1.807) is 0 Å². The molecule has 0 rings (SSSR count). The maximum Gasteiger partial charge on any atom is 0.361 e. The third-order valence-corrected chi connectivity index (χ3v) is 14.6. The monoisotopic (exact) mass is 1020 g/mol. The number of hydrogen-bond donors (Lipinski definition) is 1. The second-order valence-electron chi connectivity index (χ2n) is 23.1. The molecule has 428 valence electrons. The average Bonchev–Trinajstić information content (AvgIpc) is 3.35. The van der Waals surface area contributed by atoms with Gasteiger partial charge in [-0.05, 0) is 12.8 Å². The smallest absolute Gasteiger partial charge is 0.361 e. The third-order valence-electron chi connectivity index (χ3n) is 14.6. The van der Waals surface area contributed by atoms with Gasteiger partial charge >= 0.3 is 17.9 Å². The Bertz CT molecular complexity index is 1140. The molecule has 2 atom stereocenters. The van der Waals surface area contributed by atoms with Gasteiger partial charge in [0.2, 0.25) is 0 Å². The molecule has 0 saturated carbocycles. The molecule has 9 heteroatoms. The topological polar surface area (TPSA) is 108 Å². The van der Waals surface area contributed by atoms with Gasteiger partial charge in [-0.1, -0.05) is 303 Å². The average molecular weight is 1020 g/mol. The standard InChI is InChI=1S/C63H123NO8/c1-6-8-10-12-14-16-18-19-20-21-22-23-24-25-26-27-28-29-30-31-32-33-34-35-36-37-38-39-40-41-42-43-44-46-48-50-52-54-61(66)72-59(58-71-63(62(67)68)69-56-55-64(3,4)5)57-70-60(65)53-51-49-47-45-17-15-13-11-9-7-2/h59,63H,6-58H2,1-5H3/p+1. The van der Waals surface area contributed by atoms with E-state index in [0.717, 1.165) is 38.5 Å². The Kier molecular flexibility index (Phi) is 54.2. The van der Waals surface area contributed by atoms with Crippen molar-refractivity contribution in [2.24, 2.45) is 0 Å². The lowest BCUT2D eigenvalue weighted by Gasteiger charge is -2.25. The molecule has 2 unspecified atom stereocenters. The molecular formula is C63H124NO8+. The van der Waals surface area contributed by atoms with E-state index in [9.17, 15) is 19.5 Å². The van der Waals surface area contributed by atoms with Crippen molar-refractivity contribution in [3.05, 3.63) is 0 Å². The van der Waals surface area contributed by atoms with Crippen LogP contribution < -0.4 is 0 Å². The zero-order chi connectivity index (χ0) is 52.7. The van der Waals surface area contributed by atoms with Crippen molar-refractivity contribution >= 4 is 17.9 Å². The number of esters is 2. The number of carbonyl (C=O) groups is 3. The first-order valence-electron chi connectivity index (χ1n) is 31.7. The number of carboxylic acids is 1. The minimum atomic E-state index is -1.50. The van der Waals surface area contributed by atoms with Gasteiger partial charge in [0.1, 0.15) is 13.2 Å². The van der Waals surface area contributed by atoms with Gasteiger partial charge in [0, 0.05) is 12.8 Å². The summed E-state index contributed by atoms with van der Waals surface area (Å²) in [6.45, 7) is 4.92. The van der Waals surface area contributed by atoms with Crippen LogP contribution in [-0.2, 0) is 33.3 Å². The molecule has 0 amide bonds. The van der Waals surface area contributed by atoms with Gasteiger partial charge in [-0.25, -0.2) is 4.79 Å². The predicted molar refractivity (Wildman–Crippen MR) is 305 cm³/mol. The summed E-state index contributed by atoms with van der Waals surface area (Å²) in [5, 5.41) is 9.67. The number of hydrogen-bond acceptors (Lipinski definition) is 7. The minimum Gasteiger partial charge on any atom is -0.477 e. The highest BCUT2D eigenvalue weighted by Crippen LogP contribution is 2.19. The van der Waals surface area contributed by atoms with E-state index in [1.165, 1.54) is 263 Å². The van der Waals surface area contributed by atoms with Crippen molar-refractivity contribution < 1.29 is 42.9 Å². The third kappa shape index (κ3) is 56.0. The van der Waals surface area contributed by atoms with E-state index < -0.39 is 18.4 Å². The van der Waals surface area contributed by atoms with Crippen LogP contribution in [-0.4, -0.2) is 87.4 Å². The Morgan fingerprint density at radius 1 is 0.361 bits per heavy atom. The Morgan fingerprint density at radius 3 is 0.889 bits per heavy atom. The number of unbranched alkanes of at least 4 members (excludes halogenated alkanes) is 45. The quantitative estimate of drug-likeness (QED) is 0.0278. The molecule has 0 aromatic carbocycles. The molecular weight excluding hydrogens is 899 g/mol. The Balaban J connectivity index is 3.86. The van der Waals surface area contributed by atoms with E-state index in [2.05, 4.69) is 13.8 Å². The summed E-state index contributed by atoms with van der Waals surface area (Å²) < 4.78 is 22.8. The minimum absolute atomic E-state index is 0.173. The number of ether oxygens (including phenoxy) is 4. The van der Waals surface area contributed by atoms with Gasteiger partial charge in [-0.15, -0.1) is 0 Å². The fourth-order valence-corrected chi connectivity index (χ4v) is 9.72. The molecule has 0 radical (unpaired) electrons. The van der Waals surface area contributed by atoms with Crippen LogP contribution >= 0.6 is 0 Å². The van der Waals surface area contributed by atoms with Crippen LogP contribution in [0.4, 0.5) is 0 Å². The SMILES string of the molecule is CCCCCCCCCCCCCCCCCCCCCCCCCCCCCCCCCCCCCCCC(=O)OC(COC(=O)CCCCCCCCCCCC)COC(OCC[N+](C)(C)C)C(=O)O. The summed E-state index contributed by atoms with van der Waals surface area (Å²) in [6, 6.07) is 0. The number of carboxylic acid groups (broad SMARTS) is 1. The summed E-state index contributed by atoms with van der Waals surface area (Å²) in [7, 11) is 5.98. The molecule has 72 heavy (non-hydrogen) atoms. The highest BCUT2D eigenvalue weighted by molar-refractivity contribution is 5.71. The fraction of sp³-hybridized carbons (Fsp3) is 0.952. The van der Waals surface area contributed by atoms with E-state index >= 15 is 0 Å². The van der Waals surface area contributed by atoms with Crippen molar-refractivity contribution in [1.29, 1.82) is 0 Å². The zero-order valence-electron chi connectivity index (χ0n) is 48.9. The number of carbonyl (C=O) groups excluding carboxylic acids is 2. The van der Waals surface area contributed by atoms with Crippen molar-refractivity contribution in [3.63, 3.8) is 0 Å². The molecule has 9 nitrogen and oxygen atoms in total. The van der Waals surface area contributed by atoms with E-state index in [-0.39, 0.29) is 38.2 Å². The normalized spacial score (nSPS) is 12.6. The molecule has 0 aliphatic heterocycles. The lowest BCUT2D eigenvalue weighted by atomic mass is 10.0. The molecule has 1 N–H and O–H groups in total. The summed E-state index contributed by atoms with van der Waals surface area (Å²) in [5.41, 5.74) is 0. The molecule has 0 heterocycles. The summed E-state index contributed by atoms with van der Waals surface area (Å²) in [5.74, 6) is -1.98. The van der Waals surface area contributed by atoms with E-state index in [0.29, 0.717) is 17.4 Å². The van der Waals surface area contributed by atoms with Crippen LogP contribution in [0.5, 0.6) is 0 Å².